The molecule has 0 bridgehead atoms. The van der Waals surface area contributed by atoms with Gasteiger partial charge in [0.1, 0.15) is 0 Å². The highest BCUT2D eigenvalue weighted by Crippen LogP contribution is 2.36. The van der Waals surface area contributed by atoms with E-state index in [-0.39, 0.29) is 0 Å². The van der Waals surface area contributed by atoms with Gasteiger partial charge < -0.3 is 15.2 Å². The zero-order chi connectivity index (χ0) is 16.5. The standard InChI is InChI=1S/C14H18ClN3O4/c1-3-5-22-12-10(15)6-9(7-11(12)21-4-2)8-17-18-14(20)13(16)19/h6-8H,3-5H2,1-2H3,(H2,16,19)(H,18,20)/b17-8-. The fourth-order valence-electron chi connectivity index (χ4n) is 1.49. The molecule has 0 saturated carbocycles. The van der Waals surface area contributed by atoms with Crippen LogP contribution in [0.5, 0.6) is 11.5 Å². The largest absolute Gasteiger partial charge is 0.490 e. The summed E-state index contributed by atoms with van der Waals surface area (Å²) >= 11 is 6.17. The quantitative estimate of drug-likeness (QED) is 0.449. The molecule has 22 heavy (non-hydrogen) atoms. The normalized spacial score (nSPS) is 10.5. The van der Waals surface area contributed by atoms with Crippen molar-refractivity contribution in [2.24, 2.45) is 10.8 Å². The van der Waals surface area contributed by atoms with Crippen LogP contribution in [0.2, 0.25) is 5.02 Å². The summed E-state index contributed by atoms with van der Waals surface area (Å²) in [6.07, 6.45) is 2.16. The molecule has 0 fully saturated rings. The molecule has 0 aromatic heterocycles. The van der Waals surface area contributed by atoms with Gasteiger partial charge in [-0.15, -0.1) is 0 Å². The first-order chi connectivity index (χ1) is 10.5. The third-order valence-corrected chi connectivity index (χ3v) is 2.67. The van der Waals surface area contributed by atoms with Crippen molar-refractivity contribution in [3.63, 3.8) is 0 Å². The molecule has 0 atom stereocenters. The fraction of sp³-hybridized carbons (Fsp3) is 0.357. The lowest BCUT2D eigenvalue weighted by Gasteiger charge is -2.13. The first-order valence-electron chi connectivity index (χ1n) is 6.71. The molecule has 0 saturated heterocycles. The Balaban J connectivity index is 2.95. The van der Waals surface area contributed by atoms with Crippen LogP contribution in [-0.2, 0) is 9.59 Å². The van der Waals surface area contributed by atoms with Crippen LogP contribution in [0.25, 0.3) is 0 Å². The van der Waals surface area contributed by atoms with Gasteiger partial charge in [-0.25, -0.2) is 5.43 Å². The van der Waals surface area contributed by atoms with Crippen LogP contribution in [0.3, 0.4) is 0 Å². The van der Waals surface area contributed by atoms with Crippen molar-refractivity contribution in [2.45, 2.75) is 20.3 Å². The van der Waals surface area contributed by atoms with Crippen molar-refractivity contribution >= 4 is 29.6 Å². The Morgan fingerprint density at radius 1 is 1.36 bits per heavy atom. The minimum atomic E-state index is -1.12. The number of carbonyl (C=O) groups excluding carboxylic acids is 2. The van der Waals surface area contributed by atoms with Crippen molar-refractivity contribution in [2.75, 3.05) is 13.2 Å². The summed E-state index contributed by atoms with van der Waals surface area (Å²) in [5.74, 6) is -1.18. The number of amides is 2. The van der Waals surface area contributed by atoms with Gasteiger partial charge in [-0.1, -0.05) is 18.5 Å². The number of halogens is 1. The Morgan fingerprint density at radius 3 is 2.68 bits per heavy atom. The number of nitrogens with two attached hydrogens (primary N) is 1. The summed E-state index contributed by atoms with van der Waals surface area (Å²) in [5, 5.41) is 3.98. The van der Waals surface area contributed by atoms with Gasteiger partial charge in [-0.3, -0.25) is 9.59 Å². The van der Waals surface area contributed by atoms with E-state index in [4.69, 9.17) is 26.8 Å². The van der Waals surface area contributed by atoms with Gasteiger partial charge in [0, 0.05) is 0 Å². The van der Waals surface area contributed by atoms with E-state index in [0.29, 0.717) is 35.3 Å². The fourth-order valence-corrected chi connectivity index (χ4v) is 1.76. The van der Waals surface area contributed by atoms with Crippen molar-refractivity contribution in [3.05, 3.63) is 22.7 Å². The van der Waals surface area contributed by atoms with Crippen LogP contribution in [0, 0.1) is 0 Å². The molecule has 0 aliphatic rings. The first kappa shape index (κ1) is 17.8. The SMILES string of the molecule is CCCOc1c(Cl)cc(/C=N\NC(=O)C(N)=O)cc1OCC. The zero-order valence-electron chi connectivity index (χ0n) is 12.4. The van der Waals surface area contributed by atoms with E-state index < -0.39 is 11.8 Å². The van der Waals surface area contributed by atoms with Crippen LogP contribution in [-0.4, -0.2) is 31.2 Å². The highest BCUT2D eigenvalue weighted by molar-refractivity contribution is 6.34. The molecule has 7 nitrogen and oxygen atoms in total. The average Bonchev–Trinajstić information content (AvgIpc) is 2.46. The van der Waals surface area contributed by atoms with E-state index in [1.165, 1.54) is 6.21 Å². The number of carbonyl (C=O) groups is 2. The molecule has 0 aliphatic heterocycles. The van der Waals surface area contributed by atoms with E-state index in [1.54, 1.807) is 12.1 Å². The number of nitrogens with zero attached hydrogens (tertiary/aromatic N) is 1. The predicted octanol–water partition coefficient (Wildman–Crippen LogP) is 1.46. The summed E-state index contributed by atoms with van der Waals surface area (Å²) in [6.45, 7) is 4.78. The minimum absolute atomic E-state index is 0.363. The second kappa shape index (κ2) is 8.89. The van der Waals surface area contributed by atoms with E-state index in [2.05, 4.69) is 5.10 Å². The molecular weight excluding hydrogens is 310 g/mol. The Kier molecular flexibility index (Phi) is 7.18. The lowest BCUT2D eigenvalue weighted by molar-refractivity contribution is -0.137. The molecule has 0 spiro atoms. The lowest BCUT2D eigenvalue weighted by Crippen LogP contribution is -2.32. The molecule has 3 N–H and O–H groups in total. The smallest absolute Gasteiger partial charge is 0.329 e. The molecule has 2 amide bonds. The minimum Gasteiger partial charge on any atom is -0.490 e. The Morgan fingerprint density at radius 2 is 2.09 bits per heavy atom. The number of hydrazone groups is 1. The zero-order valence-corrected chi connectivity index (χ0v) is 13.1. The van der Waals surface area contributed by atoms with Gasteiger partial charge in [0.25, 0.3) is 0 Å². The van der Waals surface area contributed by atoms with Crippen molar-refractivity contribution < 1.29 is 19.1 Å². The highest BCUT2D eigenvalue weighted by Gasteiger charge is 2.12. The maximum atomic E-state index is 11.0. The number of hydrogen-bond donors (Lipinski definition) is 2. The highest BCUT2D eigenvalue weighted by atomic mass is 35.5. The maximum Gasteiger partial charge on any atom is 0.329 e. The van der Waals surface area contributed by atoms with Crippen molar-refractivity contribution in [3.8, 4) is 11.5 Å². The topological polar surface area (TPSA) is 103 Å². The summed E-state index contributed by atoms with van der Waals surface area (Å²) in [6, 6.07) is 3.27. The lowest BCUT2D eigenvalue weighted by atomic mass is 10.2. The Bertz CT molecular complexity index is 575. The molecule has 0 radical (unpaired) electrons. The van der Waals surface area contributed by atoms with E-state index >= 15 is 0 Å². The monoisotopic (exact) mass is 327 g/mol. The van der Waals surface area contributed by atoms with Gasteiger partial charge in [0.15, 0.2) is 11.5 Å². The number of benzene rings is 1. The van der Waals surface area contributed by atoms with Crippen LogP contribution in [0.1, 0.15) is 25.8 Å². The van der Waals surface area contributed by atoms with E-state index in [9.17, 15) is 9.59 Å². The van der Waals surface area contributed by atoms with Gasteiger partial charge in [0.05, 0.1) is 24.5 Å². The molecular formula is C14H18ClN3O4. The molecule has 0 aliphatic carbocycles. The number of hydrogen-bond acceptors (Lipinski definition) is 5. The molecule has 0 heterocycles. The van der Waals surface area contributed by atoms with Gasteiger partial charge in [-0.05, 0) is 31.0 Å². The summed E-state index contributed by atoms with van der Waals surface area (Å²) < 4.78 is 11.1. The van der Waals surface area contributed by atoms with Gasteiger partial charge in [0.2, 0.25) is 0 Å². The van der Waals surface area contributed by atoms with Crippen molar-refractivity contribution in [1.29, 1.82) is 0 Å². The van der Waals surface area contributed by atoms with E-state index in [0.717, 1.165) is 6.42 Å². The van der Waals surface area contributed by atoms with Crippen LogP contribution >= 0.6 is 11.6 Å². The number of ether oxygens (including phenoxy) is 2. The second-order valence-electron chi connectivity index (χ2n) is 4.17. The third-order valence-electron chi connectivity index (χ3n) is 2.39. The summed E-state index contributed by atoms with van der Waals surface area (Å²) in [5.41, 5.74) is 7.35. The van der Waals surface area contributed by atoms with E-state index in [1.807, 2.05) is 19.3 Å². The van der Waals surface area contributed by atoms with Crippen LogP contribution in [0.15, 0.2) is 17.2 Å². The third kappa shape index (κ3) is 5.25. The Labute approximate surface area is 133 Å². The van der Waals surface area contributed by atoms with Gasteiger partial charge >= 0.3 is 11.8 Å². The van der Waals surface area contributed by atoms with Gasteiger partial charge in [-0.2, -0.15) is 5.10 Å². The molecule has 1 rings (SSSR count). The van der Waals surface area contributed by atoms with Crippen LogP contribution < -0.4 is 20.6 Å². The van der Waals surface area contributed by atoms with Crippen molar-refractivity contribution in [1.82, 2.24) is 5.43 Å². The Hall–Kier alpha value is -2.28. The first-order valence-corrected chi connectivity index (χ1v) is 7.09. The summed E-state index contributed by atoms with van der Waals surface area (Å²) in [4.78, 5) is 21.5. The molecule has 1 aromatic rings. The number of nitrogens with one attached hydrogen (secondary N) is 1. The predicted molar refractivity (Wildman–Crippen MR) is 83.3 cm³/mol. The molecule has 1 aromatic carbocycles. The molecule has 0 unspecified atom stereocenters. The van der Waals surface area contributed by atoms with Crippen LogP contribution in [0.4, 0.5) is 0 Å². The second-order valence-corrected chi connectivity index (χ2v) is 4.58. The average molecular weight is 328 g/mol. The maximum absolute atomic E-state index is 11.0. The summed E-state index contributed by atoms with van der Waals surface area (Å²) in [7, 11) is 0. The number of rotatable bonds is 7. The molecule has 120 valence electrons. The molecule has 8 heteroatoms. The number of primary amides is 1.